The number of rotatable bonds is 8. The lowest BCUT2D eigenvalue weighted by Crippen LogP contribution is -2.49. The molecule has 4 amide bonds. The summed E-state index contributed by atoms with van der Waals surface area (Å²) in [5.41, 5.74) is 0.344. The number of urea groups is 1. The van der Waals surface area contributed by atoms with E-state index in [0.29, 0.717) is 12.2 Å². The molecule has 1 N–H and O–H groups in total. The summed E-state index contributed by atoms with van der Waals surface area (Å²) in [5.74, 6) is -0.503. The number of nitrogens with one attached hydrogen (secondary N) is 1. The van der Waals surface area contributed by atoms with Crippen LogP contribution in [0.3, 0.4) is 0 Å². The Morgan fingerprint density at radius 1 is 1.14 bits per heavy atom. The molecule has 2 saturated heterocycles. The molecule has 4 rings (SSSR count). The molecule has 186 valence electrons. The number of amides is 4. The molecule has 2 aromatic carbocycles. The first kappa shape index (κ1) is 24.7. The van der Waals surface area contributed by atoms with Gasteiger partial charge in [-0.25, -0.2) is 13.2 Å². The first-order valence-corrected chi connectivity index (χ1v) is 13.2. The van der Waals surface area contributed by atoms with Gasteiger partial charge >= 0.3 is 6.03 Å². The Morgan fingerprint density at radius 3 is 2.49 bits per heavy atom. The zero-order valence-corrected chi connectivity index (χ0v) is 20.6. The quantitative estimate of drug-likeness (QED) is 0.554. The van der Waals surface area contributed by atoms with Crippen LogP contribution >= 0.6 is 0 Å². The highest BCUT2D eigenvalue weighted by molar-refractivity contribution is 7.91. The monoisotopic (exact) mass is 499 g/mol. The second-order valence-electron chi connectivity index (χ2n) is 9.21. The molecule has 0 unspecified atom stereocenters. The maximum absolute atomic E-state index is 13.4. The van der Waals surface area contributed by atoms with E-state index in [1.54, 1.807) is 13.0 Å². The van der Waals surface area contributed by atoms with Crippen molar-refractivity contribution in [1.29, 1.82) is 0 Å². The van der Waals surface area contributed by atoms with Crippen molar-refractivity contribution >= 4 is 27.7 Å². The van der Waals surface area contributed by atoms with Crippen molar-refractivity contribution in [1.82, 2.24) is 15.1 Å². The number of ether oxygens (including phenoxy) is 1. The van der Waals surface area contributed by atoms with Crippen LogP contribution in [0.4, 0.5) is 4.79 Å². The van der Waals surface area contributed by atoms with Gasteiger partial charge in [0, 0.05) is 19.0 Å². The molecular formula is C25H29N3O6S. The summed E-state index contributed by atoms with van der Waals surface area (Å²) >= 11 is 0. The number of hydrogen-bond acceptors (Lipinski definition) is 6. The summed E-state index contributed by atoms with van der Waals surface area (Å²) in [6.45, 7) is 1.35. The van der Waals surface area contributed by atoms with Crippen molar-refractivity contribution in [2.45, 2.75) is 37.9 Å². The molecule has 10 heteroatoms. The van der Waals surface area contributed by atoms with E-state index >= 15 is 0 Å². The Hall–Kier alpha value is -3.40. The Labute approximate surface area is 205 Å². The van der Waals surface area contributed by atoms with E-state index in [4.69, 9.17) is 4.74 Å². The van der Waals surface area contributed by atoms with Crippen molar-refractivity contribution in [3.8, 4) is 5.75 Å². The van der Waals surface area contributed by atoms with Crippen molar-refractivity contribution in [3.63, 3.8) is 0 Å². The third kappa shape index (κ3) is 5.32. The van der Waals surface area contributed by atoms with Crippen LogP contribution in [0.15, 0.2) is 54.6 Å². The Balaban J connectivity index is 1.53. The number of nitrogens with zero attached hydrogens (tertiary/aromatic N) is 2. The van der Waals surface area contributed by atoms with Gasteiger partial charge in [0.1, 0.15) is 17.8 Å². The highest BCUT2D eigenvalue weighted by Crippen LogP contribution is 2.28. The lowest BCUT2D eigenvalue weighted by Gasteiger charge is -2.30. The minimum Gasteiger partial charge on any atom is -0.496 e. The zero-order chi connectivity index (χ0) is 25.2. The number of imide groups is 1. The topological polar surface area (TPSA) is 113 Å². The average molecular weight is 500 g/mol. The number of carbonyl (C=O) groups excluding carboxylic acids is 3. The Morgan fingerprint density at radius 2 is 1.83 bits per heavy atom. The highest BCUT2D eigenvalue weighted by atomic mass is 32.2. The second kappa shape index (κ2) is 9.69. The Kier molecular flexibility index (Phi) is 6.84. The highest BCUT2D eigenvalue weighted by Gasteiger charge is 2.49. The summed E-state index contributed by atoms with van der Waals surface area (Å²) in [4.78, 5) is 41.9. The number of para-hydroxylation sites is 1. The standard InChI is InChI=1S/C25H29N3O6S/c1-25(14-19-10-6-7-11-21(19)34-2)23(30)28(24(31)26-25)16-22(29)27(15-18-8-4-3-5-9-18)20-12-13-35(32,33)17-20/h3-11,20H,12-17H2,1-2H3,(H,26,31)/t20-,25-/m0/s1. The van der Waals surface area contributed by atoms with Gasteiger partial charge in [0.05, 0.1) is 18.6 Å². The zero-order valence-electron chi connectivity index (χ0n) is 19.8. The van der Waals surface area contributed by atoms with Crippen LogP contribution in [0.5, 0.6) is 5.75 Å². The van der Waals surface area contributed by atoms with Crippen molar-refractivity contribution in [2.75, 3.05) is 25.2 Å². The van der Waals surface area contributed by atoms with Gasteiger partial charge in [-0.05, 0) is 30.5 Å². The van der Waals surface area contributed by atoms with Crippen LogP contribution < -0.4 is 10.1 Å². The van der Waals surface area contributed by atoms with E-state index in [0.717, 1.165) is 16.0 Å². The van der Waals surface area contributed by atoms with Crippen molar-refractivity contribution in [3.05, 3.63) is 65.7 Å². The van der Waals surface area contributed by atoms with E-state index in [2.05, 4.69) is 5.32 Å². The van der Waals surface area contributed by atoms with Gasteiger partial charge in [0.25, 0.3) is 5.91 Å². The van der Waals surface area contributed by atoms with E-state index in [9.17, 15) is 22.8 Å². The smallest absolute Gasteiger partial charge is 0.325 e. The number of sulfone groups is 1. The third-order valence-electron chi connectivity index (χ3n) is 6.54. The lowest BCUT2D eigenvalue weighted by molar-refractivity contribution is -0.140. The fraction of sp³-hybridized carbons (Fsp3) is 0.400. The largest absolute Gasteiger partial charge is 0.496 e. The molecule has 2 heterocycles. The molecule has 2 aliphatic heterocycles. The molecule has 0 spiro atoms. The molecule has 9 nitrogen and oxygen atoms in total. The van der Waals surface area contributed by atoms with Crippen LogP contribution in [-0.2, 0) is 32.4 Å². The third-order valence-corrected chi connectivity index (χ3v) is 8.29. The maximum atomic E-state index is 13.4. The van der Waals surface area contributed by atoms with Gasteiger partial charge in [-0.2, -0.15) is 0 Å². The van der Waals surface area contributed by atoms with Crippen LogP contribution in [-0.4, -0.2) is 72.8 Å². The predicted molar refractivity (Wildman–Crippen MR) is 129 cm³/mol. The summed E-state index contributed by atoms with van der Waals surface area (Å²) in [6, 6.07) is 15.3. The van der Waals surface area contributed by atoms with Crippen LogP contribution in [0.25, 0.3) is 0 Å². The minimum absolute atomic E-state index is 0.0103. The maximum Gasteiger partial charge on any atom is 0.325 e. The molecule has 0 aliphatic carbocycles. The van der Waals surface area contributed by atoms with Gasteiger partial charge in [-0.15, -0.1) is 0 Å². The van der Waals surface area contributed by atoms with Crippen LogP contribution in [0.1, 0.15) is 24.5 Å². The van der Waals surface area contributed by atoms with E-state index in [1.165, 1.54) is 12.0 Å². The lowest BCUT2D eigenvalue weighted by atomic mass is 9.92. The summed E-state index contributed by atoms with van der Waals surface area (Å²) in [5, 5.41) is 2.72. The van der Waals surface area contributed by atoms with E-state index < -0.39 is 45.8 Å². The number of carbonyl (C=O) groups is 3. The first-order valence-electron chi connectivity index (χ1n) is 11.4. The second-order valence-corrected chi connectivity index (χ2v) is 11.4. The number of hydrogen-bond donors (Lipinski definition) is 1. The van der Waals surface area contributed by atoms with Gasteiger partial charge in [0.15, 0.2) is 9.84 Å². The molecular weight excluding hydrogens is 470 g/mol. The molecule has 2 fully saturated rings. The Bertz CT molecular complexity index is 1230. The van der Waals surface area contributed by atoms with Crippen molar-refractivity contribution in [2.24, 2.45) is 0 Å². The summed E-state index contributed by atoms with van der Waals surface area (Å²) < 4.78 is 29.6. The van der Waals surface area contributed by atoms with E-state index in [-0.39, 0.29) is 24.5 Å². The molecule has 2 aromatic rings. The SMILES string of the molecule is COc1ccccc1C[C@]1(C)NC(=O)N(CC(=O)N(Cc2ccccc2)[C@H]2CCS(=O)(=O)C2)C1=O. The van der Waals surface area contributed by atoms with Gasteiger partial charge in [0.2, 0.25) is 5.91 Å². The van der Waals surface area contributed by atoms with Gasteiger partial charge in [-0.1, -0.05) is 48.5 Å². The number of benzene rings is 2. The molecule has 0 radical (unpaired) electrons. The number of methoxy groups -OCH3 is 1. The molecule has 2 aliphatic rings. The van der Waals surface area contributed by atoms with E-state index in [1.807, 2.05) is 48.5 Å². The predicted octanol–water partition coefficient (Wildman–Crippen LogP) is 1.76. The molecule has 35 heavy (non-hydrogen) atoms. The first-order chi connectivity index (χ1) is 16.6. The molecule has 0 bridgehead atoms. The minimum atomic E-state index is -3.24. The fourth-order valence-electron chi connectivity index (χ4n) is 4.69. The van der Waals surface area contributed by atoms with Crippen LogP contribution in [0.2, 0.25) is 0 Å². The molecule has 0 aromatic heterocycles. The van der Waals surface area contributed by atoms with Gasteiger partial charge < -0.3 is 15.0 Å². The average Bonchev–Trinajstić information content (AvgIpc) is 3.29. The summed E-state index contributed by atoms with van der Waals surface area (Å²) in [6.07, 6.45) is 0.521. The van der Waals surface area contributed by atoms with Crippen LogP contribution in [0, 0.1) is 0 Å². The molecule has 2 atom stereocenters. The summed E-state index contributed by atoms with van der Waals surface area (Å²) in [7, 11) is -1.71. The normalized spacial score (nSPS) is 23.3. The molecule has 0 saturated carbocycles. The van der Waals surface area contributed by atoms with Gasteiger partial charge in [-0.3, -0.25) is 14.5 Å². The fourth-order valence-corrected chi connectivity index (χ4v) is 6.42. The van der Waals surface area contributed by atoms with Crippen molar-refractivity contribution < 1.29 is 27.5 Å².